The van der Waals surface area contributed by atoms with Gasteiger partial charge in [-0.15, -0.1) is 0 Å². The molecule has 68 valence electrons. The number of imidazole rings is 1. The van der Waals surface area contributed by atoms with E-state index in [2.05, 4.69) is 9.97 Å². The Morgan fingerprint density at radius 2 is 2.00 bits per heavy atom. The quantitative estimate of drug-likeness (QED) is 0.467. The van der Waals surface area contributed by atoms with Gasteiger partial charge in [0.2, 0.25) is 0 Å². The Kier molecular flexibility index (Phi) is 1.91. The molecule has 5 heteroatoms. The lowest BCUT2D eigenvalue weighted by atomic mass is 10.3. The lowest BCUT2D eigenvalue weighted by Gasteiger charge is -2.14. The summed E-state index contributed by atoms with van der Waals surface area (Å²) in [4.78, 5) is 5.93. The summed E-state index contributed by atoms with van der Waals surface area (Å²) in [7, 11) is 1.54. The van der Waals surface area contributed by atoms with E-state index in [-0.39, 0.29) is 5.06 Å². The summed E-state index contributed by atoms with van der Waals surface area (Å²) in [6.45, 7) is 0. The van der Waals surface area contributed by atoms with Gasteiger partial charge in [0.15, 0.2) is 4.77 Å². The van der Waals surface area contributed by atoms with E-state index >= 15 is 0 Å². The Balaban J connectivity index is 2.68. The van der Waals surface area contributed by atoms with Crippen LogP contribution in [0.2, 0.25) is 0 Å². The van der Waals surface area contributed by atoms with Crippen LogP contribution in [0.3, 0.4) is 0 Å². The normalized spacial score (nSPS) is 13.4. The lowest BCUT2D eigenvalue weighted by Crippen LogP contribution is -2.98. The molecule has 1 heterocycles. The van der Waals surface area contributed by atoms with Crippen molar-refractivity contribution in [1.82, 2.24) is 9.97 Å². The zero-order valence-electron chi connectivity index (χ0n) is 7.05. The zero-order chi connectivity index (χ0) is 9.42. The maximum atomic E-state index is 11.0. The standard InChI is InChI=1S/C8H9N3OS/c1-11(12)5-2-3-6-7(4-5)10-8(13)9-6/h2-4,11H,1H3,(H2,9,10,13). The van der Waals surface area contributed by atoms with Gasteiger partial charge in [0.25, 0.3) is 0 Å². The third-order valence-electron chi connectivity index (χ3n) is 1.92. The van der Waals surface area contributed by atoms with Crippen molar-refractivity contribution in [2.45, 2.75) is 0 Å². The molecule has 0 aliphatic rings. The second kappa shape index (κ2) is 2.95. The number of nitrogens with one attached hydrogen (secondary N) is 3. The minimum Gasteiger partial charge on any atom is -0.629 e. The van der Waals surface area contributed by atoms with Crippen molar-refractivity contribution >= 4 is 28.9 Å². The molecular weight excluding hydrogens is 186 g/mol. The first-order valence-electron chi connectivity index (χ1n) is 3.90. The number of quaternary nitrogens is 1. The predicted octanol–water partition coefficient (Wildman–Crippen LogP) is 0.869. The number of aromatic nitrogens is 2. The smallest absolute Gasteiger partial charge is 0.175 e. The Labute approximate surface area is 79.8 Å². The molecule has 1 aromatic carbocycles. The minimum absolute atomic E-state index is 0.0578. The zero-order valence-corrected chi connectivity index (χ0v) is 7.87. The molecule has 0 aliphatic carbocycles. The molecule has 13 heavy (non-hydrogen) atoms. The van der Waals surface area contributed by atoms with Crippen molar-refractivity contribution in [2.75, 3.05) is 7.05 Å². The Hall–Kier alpha value is -1.17. The van der Waals surface area contributed by atoms with E-state index in [0.29, 0.717) is 10.5 Å². The molecule has 0 spiro atoms. The van der Waals surface area contributed by atoms with Gasteiger partial charge in [0.05, 0.1) is 18.1 Å². The van der Waals surface area contributed by atoms with Crippen molar-refractivity contribution in [3.8, 4) is 0 Å². The van der Waals surface area contributed by atoms with E-state index in [4.69, 9.17) is 12.2 Å². The van der Waals surface area contributed by atoms with E-state index in [1.807, 2.05) is 6.07 Å². The fourth-order valence-corrected chi connectivity index (χ4v) is 1.47. The van der Waals surface area contributed by atoms with Gasteiger partial charge >= 0.3 is 0 Å². The number of aromatic amines is 2. The van der Waals surface area contributed by atoms with Crippen molar-refractivity contribution in [2.24, 2.45) is 0 Å². The number of benzene rings is 1. The molecule has 3 N–H and O–H groups in total. The molecule has 1 atom stereocenters. The molecule has 0 amide bonds. The molecule has 0 saturated carbocycles. The first-order valence-corrected chi connectivity index (χ1v) is 4.30. The summed E-state index contributed by atoms with van der Waals surface area (Å²) >= 11 is 4.93. The third kappa shape index (κ3) is 1.49. The van der Waals surface area contributed by atoms with Crippen LogP contribution in [0.5, 0.6) is 0 Å². The van der Waals surface area contributed by atoms with Gasteiger partial charge in [-0.2, -0.15) is 0 Å². The fraction of sp³-hybridized carbons (Fsp3) is 0.125. The van der Waals surface area contributed by atoms with Crippen molar-refractivity contribution in [3.05, 3.63) is 28.2 Å². The average molecular weight is 195 g/mol. The number of hydrogen-bond donors (Lipinski definition) is 3. The topological polar surface area (TPSA) is 59.1 Å². The second-order valence-electron chi connectivity index (χ2n) is 2.90. The molecular formula is C8H9N3OS. The Morgan fingerprint density at radius 1 is 1.31 bits per heavy atom. The molecule has 0 bridgehead atoms. The summed E-state index contributed by atoms with van der Waals surface area (Å²) in [6, 6.07) is 5.42. The van der Waals surface area contributed by atoms with Crippen molar-refractivity contribution in [1.29, 1.82) is 0 Å². The first-order chi connectivity index (χ1) is 6.16. The molecule has 2 aromatic rings. The highest BCUT2D eigenvalue weighted by atomic mass is 32.1. The predicted molar refractivity (Wildman–Crippen MR) is 53.4 cm³/mol. The summed E-state index contributed by atoms with van der Waals surface area (Å²) in [5.41, 5.74) is 2.49. The van der Waals surface area contributed by atoms with Gasteiger partial charge in [-0.1, -0.05) is 0 Å². The Bertz CT molecular complexity index is 485. The van der Waals surface area contributed by atoms with Gasteiger partial charge in [-0.05, 0) is 18.3 Å². The third-order valence-corrected chi connectivity index (χ3v) is 2.13. The molecule has 1 unspecified atom stereocenters. The number of fused-ring (bicyclic) bond motifs is 1. The maximum Gasteiger partial charge on any atom is 0.175 e. The van der Waals surface area contributed by atoms with Gasteiger partial charge in [0, 0.05) is 12.1 Å². The largest absolute Gasteiger partial charge is 0.629 e. The Morgan fingerprint density at radius 3 is 2.69 bits per heavy atom. The van der Waals surface area contributed by atoms with Crippen LogP contribution < -0.4 is 5.06 Å². The van der Waals surface area contributed by atoms with Crippen LogP contribution in [0, 0.1) is 9.98 Å². The van der Waals surface area contributed by atoms with E-state index in [1.165, 1.54) is 0 Å². The molecule has 0 radical (unpaired) electrons. The van der Waals surface area contributed by atoms with Crippen LogP contribution in [-0.2, 0) is 0 Å². The van der Waals surface area contributed by atoms with Crippen molar-refractivity contribution in [3.63, 3.8) is 0 Å². The fourth-order valence-electron chi connectivity index (χ4n) is 1.25. The van der Waals surface area contributed by atoms with Crippen LogP contribution in [0.15, 0.2) is 18.2 Å². The van der Waals surface area contributed by atoms with Gasteiger partial charge in [-0.25, -0.2) is 0 Å². The molecule has 0 saturated heterocycles. The van der Waals surface area contributed by atoms with E-state index in [1.54, 1.807) is 19.2 Å². The molecule has 0 aliphatic heterocycles. The highest BCUT2D eigenvalue weighted by molar-refractivity contribution is 7.71. The number of rotatable bonds is 1. The summed E-state index contributed by atoms with van der Waals surface area (Å²) in [5, 5.41) is 11.1. The summed E-state index contributed by atoms with van der Waals surface area (Å²) in [6.07, 6.45) is 0. The van der Waals surface area contributed by atoms with Crippen LogP contribution in [0.4, 0.5) is 5.69 Å². The van der Waals surface area contributed by atoms with Crippen LogP contribution in [-0.4, -0.2) is 17.0 Å². The average Bonchev–Trinajstić information content (AvgIpc) is 2.42. The SMILES string of the molecule is C[NH+]([O-])c1ccc2[nH]c(=S)[nH]c2c1. The van der Waals surface area contributed by atoms with Crippen LogP contribution >= 0.6 is 12.2 Å². The molecule has 0 fully saturated rings. The van der Waals surface area contributed by atoms with Gasteiger partial charge in [-0.3, -0.25) is 0 Å². The van der Waals surface area contributed by atoms with Crippen LogP contribution in [0.25, 0.3) is 11.0 Å². The number of hydrogen-bond acceptors (Lipinski definition) is 2. The number of H-pyrrole nitrogens is 2. The van der Waals surface area contributed by atoms with E-state index in [0.717, 1.165) is 11.0 Å². The lowest BCUT2D eigenvalue weighted by molar-refractivity contribution is -0.751. The van der Waals surface area contributed by atoms with Gasteiger partial charge in [0.1, 0.15) is 5.69 Å². The first kappa shape index (κ1) is 8.43. The van der Waals surface area contributed by atoms with Gasteiger partial charge < -0.3 is 20.2 Å². The minimum atomic E-state index is 0.0578. The highest BCUT2D eigenvalue weighted by Crippen LogP contribution is 2.12. The highest BCUT2D eigenvalue weighted by Gasteiger charge is 2.00. The number of hydroxylamine groups is 1. The van der Waals surface area contributed by atoms with E-state index < -0.39 is 0 Å². The molecule has 2 rings (SSSR count). The van der Waals surface area contributed by atoms with Crippen LogP contribution in [0.1, 0.15) is 0 Å². The maximum absolute atomic E-state index is 11.0. The summed E-state index contributed by atoms with van der Waals surface area (Å²) in [5.74, 6) is 0. The second-order valence-corrected chi connectivity index (χ2v) is 3.30. The molecule has 4 nitrogen and oxygen atoms in total. The monoisotopic (exact) mass is 195 g/mol. The molecule has 1 aromatic heterocycles. The van der Waals surface area contributed by atoms with Crippen molar-refractivity contribution < 1.29 is 5.06 Å². The summed E-state index contributed by atoms with van der Waals surface area (Å²) < 4.78 is 0.579. The van der Waals surface area contributed by atoms with E-state index in [9.17, 15) is 5.21 Å².